The number of rotatable bonds is 6. The van der Waals surface area contributed by atoms with E-state index < -0.39 is 0 Å². The number of nitrogens with two attached hydrogens (primary N) is 1. The molecule has 2 nitrogen and oxygen atoms in total. The minimum absolute atomic E-state index is 0.159. The third kappa shape index (κ3) is 3.42. The minimum Gasteiger partial charge on any atom is -0.330 e. The molecule has 0 aromatic heterocycles. The van der Waals surface area contributed by atoms with Gasteiger partial charge in [0.05, 0.1) is 0 Å². The van der Waals surface area contributed by atoms with Crippen LogP contribution in [0.25, 0.3) is 0 Å². The number of hydrogen-bond donors (Lipinski definition) is 1. The van der Waals surface area contributed by atoms with Gasteiger partial charge in [0, 0.05) is 16.9 Å². The lowest BCUT2D eigenvalue weighted by molar-refractivity contribution is 0.221. The molecule has 0 spiro atoms. The fourth-order valence-corrected chi connectivity index (χ4v) is 9.41. The molecule has 5 fully saturated rings. The molecule has 30 heavy (non-hydrogen) atoms. The fourth-order valence-electron chi connectivity index (χ4n) is 7.61. The van der Waals surface area contributed by atoms with Gasteiger partial charge in [-0.05, 0) is 98.3 Å². The average molecular weight is 441 g/mol. The molecule has 5 unspecified atom stereocenters. The zero-order valence-corrected chi connectivity index (χ0v) is 19.9. The van der Waals surface area contributed by atoms with Gasteiger partial charge in [-0.1, -0.05) is 49.5 Å². The van der Waals surface area contributed by atoms with Crippen LogP contribution in [0.4, 0.5) is 0 Å². The Balaban J connectivity index is 1.38. The van der Waals surface area contributed by atoms with Crippen LogP contribution in [-0.4, -0.2) is 28.8 Å². The second-order valence-electron chi connectivity index (χ2n) is 10.5. The van der Waals surface area contributed by atoms with Gasteiger partial charge in [-0.2, -0.15) is 11.8 Å². The van der Waals surface area contributed by atoms with E-state index in [4.69, 9.17) is 22.9 Å². The highest BCUT2D eigenvalue weighted by molar-refractivity contribution is 7.99. The number of thiocarbonyl (C=S) groups is 1. The SMILES string of the molecule is CCSC1C2CC3(c4ccccc4)CC1C(C(=S)N=CC1CCC(CN)CC1)(C2)C3. The van der Waals surface area contributed by atoms with E-state index in [1.165, 1.54) is 57.1 Å². The molecule has 0 saturated heterocycles. The van der Waals surface area contributed by atoms with Crippen molar-refractivity contribution in [3.63, 3.8) is 0 Å². The smallest absolute Gasteiger partial charge is 0.109 e. The van der Waals surface area contributed by atoms with Gasteiger partial charge in [-0.25, -0.2) is 0 Å². The summed E-state index contributed by atoms with van der Waals surface area (Å²) >= 11 is 8.34. The lowest BCUT2D eigenvalue weighted by atomic mass is 9.63. The summed E-state index contributed by atoms with van der Waals surface area (Å²) < 4.78 is 0. The highest BCUT2D eigenvalue weighted by Crippen LogP contribution is 2.73. The predicted molar refractivity (Wildman–Crippen MR) is 134 cm³/mol. The standard InChI is InChI=1S/C26H36N2S2/c1-2-30-23-20-12-25(21-6-4-3-5-7-21)14-22(23)26(13-20,17-25)24(29)28-16-19-10-8-18(15-27)9-11-19/h3-7,16,18-20,22-23H,2,8-15,17,27H2,1H3. The van der Waals surface area contributed by atoms with Crippen LogP contribution in [0.1, 0.15) is 63.9 Å². The molecular weight excluding hydrogens is 404 g/mol. The summed E-state index contributed by atoms with van der Waals surface area (Å²) in [5, 5.41) is 0.780. The van der Waals surface area contributed by atoms with Crippen LogP contribution in [0, 0.1) is 29.1 Å². The Hall–Kier alpha value is -0.710. The molecule has 0 radical (unpaired) electrons. The lowest BCUT2D eigenvalue weighted by Gasteiger charge is -2.43. The van der Waals surface area contributed by atoms with Crippen LogP contribution in [-0.2, 0) is 5.41 Å². The highest BCUT2D eigenvalue weighted by Gasteiger charge is 2.69. The quantitative estimate of drug-likeness (QED) is 0.433. The third-order valence-corrected chi connectivity index (χ3v) is 10.9. The van der Waals surface area contributed by atoms with Crippen molar-refractivity contribution < 1.29 is 0 Å². The van der Waals surface area contributed by atoms with Crippen molar-refractivity contribution in [1.29, 1.82) is 0 Å². The minimum atomic E-state index is 0.159. The molecule has 162 valence electrons. The van der Waals surface area contributed by atoms with E-state index in [0.717, 1.165) is 28.6 Å². The summed E-state index contributed by atoms with van der Waals surface area (Å²) in [6, 6.07) is 11.3. The van der Waals surface area contributed by atoms with Crippen LogP contribution >= 0.6 is 24.0 Å². The highest BCUT2D eigenvalue weighted by atomic mass is 32.2. The van der Waals surface area contributed by atoms with Crippen molar-refractivity contribution in [3.05, 3.63) is 35.9 Å². The zero-order chi connectivity index (χ0) is 20.8. The Labute approximate surface area is 191 Å². The number of benzene rings is 1. The Kier molecular flexibility index (Phi) is 5.87. The number of thioether (sulfide) groups is 1. The molecule has 6 rings (SSSR count). The van der Waals surface area contributed by atoms with Crippen molar-refractivity contribution in [2.75, 3.05) is 12.3 Å². The number of aliphatic imine (C=N–C) groups is 1. The molecule has 1 aromatic carbocycles. The Morgan fingerprint density at radius 3 is 2.63 bits per heavy atom. The largest absolute Gasteiger partial charge is 0.330 e. The van der Waals surface area contributed by atoms with Crippen LogP contribution in [0.15, 0.2) is 35.3 Å². The Bertz CT molecular complexity index is 801. The van der Waals surface area contributed by atoms with E-state index in [2.05, 4.69) is 55.2 Å². The Morgan fingerprint density at radius 2 is 1.93 bits per heavy atom. The molecule has 2 N–H and O–H groups in total. The monoisotopic (exact) mass is 440 g/mol. The van der Waals surface area contributed by atoms with Crippen molar-refractivity contribution in [2.24, 2.45) is 39.8 Å². The molecule has 0 amide bonds. The molecule has 0 aliphatic heterocycles. The van der Waals surface area contributed by atoms with E-state index in [1.54, 1.807) is 5.56 Å². The summed E-state index contributed by atoms with van der Waals surface area (Å²) in [4.78, 5) is 6.09. The van der Waals surface area contributed by atoms with Crippen LogP contribution in [0.5, 0.6) is 0 Å². The normalized spacial score (nSPS) is 42.3. The van der Waals surface area contributed by atoms with Gasteiger partial charge < -0.3 is 5.73 Å². The van der Waals surface area contributed by atoms with Crippen molar-refractivity contribution in [2.45, 2.75) is 69.0 Å². The predicted octanol–water partition coefficient (Wildman–Crippen LogP) is 6.03. The second kappa shape index (κ2) is 8.33. The maximum Gasteiger partial charge on any atom is 0.109 e. The second-order valence-corrected chi connectivity index (χ2v) is 12.3. The molecule has 4 bridgehead atoms. The molecule has 0 heterocycles. The van der Waals surface area contributed by atoms with Gasteiger partial charge in [-0.15, -0.1) is 0 Å². The third-order valence-electron chi connectivity index (χ3n) is 8.91. The molecule has 4 heteroatoms. The summed E-state index contributed by atoms with van der Waals surface area (Å²) in [5.41, 5.74) is 7.91. The topological polar surface area (TPSA) is 38.4 Å². The van der Waals surface area contributed by atoms with Crippen molar-refractivity contribution >= 4 is 35.2 Å². The van der Waals surface area contributed by atoms with Gasteiger partial charge in [0.2, 0.25) is 0 Å². The van der Waals surface area contributed by atoms with Crippen LogP contribution in [0.2, 0.25) is 0 Å². The summed E-state index contributed by atoms with van der Waals surface area (Å²) in [6.07, 6.45) is 12.4. The van der Waals surface area contributed by atoms with Gasteiger partial charge in [0.25, 0.3) is 0 Å². The lowest BCUT2D eigenvalue weighted by Crippen LogP contribution is -2.38. The number of nitrogens with zero attached hydrogens (tertiary/aromatic N) is 1. The average Bonchev–Trinajstić information content (AvgIpc) is 3.16. The first-order chi connectivity index (χ1) is 14.6. The van der Waals surface area contributed by atoms with E-state index >= 15 is 0 Å². The number of hydrogen-bond acceptors (Lipinski definition) is 3. The maximum atomic E-state index is 6.14. The maximum absolute atomic E-state index is 6.14. The van der Waals surface area contributed by atoms with Gasteiger partial charge in [-0.3, -0.25) is 4.99 Å². The van der Waals surface area contributed by atoms with Crippen molar-refractivity contribution in [1.82, 2.24) is 0 Å². The van der Waals surface area contributed by atoms with Crippen LogP contribution in [0.3, 0.4) is 0 Å². The molecule has 5 saturated carbocycles. The fraction of sp³-hybridized carbons (Fsp3) is 0.692. The molecule has 5 atom stereocenters. The van der Waals surface area contributed by atoms with Crippen LogP contribution < -0.4 is 5.73 Å². The first-order valence-corrected chi connectivity index (χ1v) is 13.5. The summed E-state index contributed by atoms with van der Waals surface area (Å²) in [6.45, 7) is 3.16. The van der Waals surface area contributed by atoms with Gasteiger partial charge >= 0.3 is 0 Å². The molecular formula is C26H36N2S2. The Morgan fingerprint density at radius 1 is 1.17 bits per heavy atom. The summed E-state index contributed by atoms with van der Waals surface area (Å²) in [5.74, 6) is 4.04. The van der Waals surface area contributed by atoms with Gasteiger partial charge in [0.15, 0.2) is 0 Å². The van der Waals surface area contributed by atoms with E-state index in [-0.39, 0.29) is 5.41 Å². The molecule has 5 aliphatic carbocycles. The zero-order valence-electron chi connectivity index (χ0n) is 18.3. The van der Waals surface area contributed by atoms with E-state index in [9.17, 15) is 0 Å². The van der Waals surface area contributed by atoms with Crippen molar-refractivity contribution in [3.8, 4) is 0 Å². The van der Waals surface area contributed by atoms with Gasteiger partial charge in [0.1, 0.15) is 4.99 Å². The molecule has 5 aliphatic rings. The molecule has 1 aromatic rings. The first-order valence-electron chi connectivity index (χ1n) is 12.1. The van der Waals surface area contributed by atoms with E-state index in [0.29, 0.717) is 17.3 Å². The first kappa shape index (κ1) is 21.2. The summed E-state index contributed by atoms with van der Waals surface area (Å²) in [7, 11) is 0. The van der Waals surface area contributed by atoms with E-state index in [1.807, 2.05) is 0 Å².